The van der Waals surface area contributed by atoms with Crippen molar-refractivity contribution in [3.63, 3.8) is 0 Å². The number of ketones is 1. The number of halogens is 2. The van der Waals surface area contributed by atoms with E-state index in [1.807, 2.05) is 24.4 Å². The van der Waals surface area contributed by atoms with E-state index in [0.717, 1.165) is 25.2 Å². The Morgan fingerprint density at radius 3 is 2.88 bits per heavy atom. The number of carbonyl (C=O) groups is 1. The van der Waals surface area contributed by atoms with Crippen LogP contribution in [0.25, 0.3) is 5.82 Å². The largest absolute Gasteiger partial charge is 0.311 e. The smallest absolute Gasteiger partial charge is 0.170 e. The number of nitrogens with one attached hydrogen (secondary N) is 1. The van der Waals surface area contributed by atoms with E-state index >= 15 is 0 Å². The lowest BCUT2D eigenvalue weighted by atomic mass is 10.1. The van der Waals surface area contributed by atoms with Gasteiger partial charge in [-0.05, 0) is 42.8 Å². The van der Waals surface area contributed by atoms with Crippen LogP contribution in [0.1, 0.15) is 27.3 Å². The second-order valence-electron chi connectivity index (χ2n) is 6.16. The van der Waals surface area contributed by atoms with E-state index in [1.165, 1.54) is 5.56 Å². The van der Waals surface area contributed by atoms with Gasteiger partial charge in [0.2, 0.25) is 0 Å². The van der Waals surface area contributed by atoms with Crippen LogP contribution in [0.3, 0.4) is 0 Å². The molecule has 0 bridgehead atoms. The van der Waals surface area contributed by atoms with Crippen LogP contribution in [0.5, 0.6) is 0 Å². The topological polar surface area (TPSA) is 59.8 Å². The van der Waals surface area contributed by atoms with Crippen molar-refractivity contribution >= 4 is 29.0 Å². The van der Waals surface area contributed by atoms with Gasteiger partial charge in [-0.1, -0.05) is 35.3 Å². The fourth-order valence-electron chi connectivity index (χ4n) is 3.02. The van der Waals surface area contributed by atoms with Crippen LogP contribution >= 0.6 is 23.2 Å². The third-order valence-corrected chi connectivity index (χ3v) is 5.18. The molecule has 0 spiro atoms. The number of hydrogen-bond acceptors (Lipinski definition) is 4. The predicted octanol–water partition coefficient (Wildman–Crippen LogP) is 3.65. The van der Waals surface area contributed by atoms with Crippen LogP contribution in [-0.2, 0) is 19.4 Å². The van der Waals surface area contributed by atoms with Gasteiger partial charge in [0.05, 0.1) is 27.9 Å². The second-order valence-corrected chi connectivity index (χ2v) is 6.95. The highest BCUT2D eigenvalue weighted by Crippen LogP contribution is 2.26. The molecular formula is C19H16Cl2N4O. The molecule has 1 N–H and O–H groups in total. The Kier molecular flexibility index (Phi) is 4.76. The molecule has 0 fully saturated rings. The maximum absolute atomic E-state index is 12.6. The molecule has 0 saturated heterocycles. The summed E-state index contributed by atoms with van der Waals surface area (Å²) in [6.07, 6.45) is 3.12. The van der Waals surface area contributed by atoms with Crippen LogP contribution in [0.2, 0.25) is 10.0 Å². The lowest BCUT2D eigenvalue weighted by Crippen LogP contribution is -2.22. The van der Waals surface area contributed by atoms with Crippen molar-refractivity contribution in [3.8, 4) is 5.82 Å². The van der Waals surface area contributed by atoms with E-state index in [0.29, 0.717) is 22.1 Å². The molecule has 0 aliphatic carbocycles. The molecule has 0 unspecified atom stereocenters. The van der Waals surface area contributed by atoms with Crippen LogP contribution in [0.15, 0.2) is 42.6 Å². The number of benzene rings is 1. The number of hydrogen-bond donors (Lipinski definition) is 1. The van der Waals surface area contributed by atoms with Crippen molar-refractivity contribution in [1.29, 1.82) is 0 Å². The SMILES string of the molecule is O=C(Cc1cccc(-n2cc3c(n2)CNCC3)n1)c1cccc(Cl)c1Cl. The molecule has 1 aliphatic rings. The summed E-state index contributed by atoms with van der Waals surface area (Å²) in [7, 11) is 0. The Morgan fingerprint density at radius 1 is 1.19 bits per heavy atom. The van der Waals surface area contributed by atoms with Gasteiger partial charge in [-0.2, -0.15) is 5.10 Å². The number of Topliss-reactive ketones (excluding diaryl/α,β-unsaturated/α-hetero) is 1. The third-order valence-electron chi connectivity index (χ3n) is 4.36. The maximum atomic E-state index is 12.6. The zero-order valence-electron chi connectivity index (χ0n) is 13.9. The summed E-state index contributed by atoms with van der Waals surface area (Å²) in [6.45, 7) is 1.73. The van der Waals surface area contributed by atoms with E-state index in [-0.39, 0.29) is 17.2 Å². The van der Waals surface area contributed by atoms with Crippen LogP contribution < -0.4 is 5.32 Å². The Balaban J connectivity index is 1.59. The number of fused-ring (bicyclic) bond motifs is 1. The monoisotopic (exact) mass is 386 g/mol. The van der Waals surface area contributed by atoms with E-state index < -0.39 is 0 Å². The molecule has 4 rings (SSSR count). The first-order valence-electron chi connectivity index (χ1n) is 8.33. The molecule has 0 saturated carbocycles. The number of pyridine rings is 1. The number of rotatable bonds is 4. The first-order valence-corrected chi connectivity index (χ1v) is 9.09. The standard InChI is InChI=1S/C19H16Cl2N4O/c20-15-5-2-4-14(19(15)21)17(26)9-13-3-1-6-18(23-13)25-11-12-7-8-22-10-16(12)24-25/h1-6,11,22H,7-10H2. The Bertz CT molecular complexity index is 960. The second kappa shape index (κ2) is 7.19. The molecule has 1 aromatic carbocycles. The molecular weight excluding hydrogens is 371 g/mol. The molecule has 3 aromatic rings. The van der Waals surface area contributed by atoms with Gasteiger partial charge in [0.1, 0.15) is 0 Å². The summed E-state index contributed by atoms with van der Waals surface area (Å²) in [6, 6.07) is 10.6. The minimum absolute atomic E-state index is 0.119. The minimum Gasteiger partial charge on any atom is -0.311 e. The van der Waals surface area contributed by atoms with Gasteiger partial charge in [-0.3, -0.25) is 4.79 Å². The maximum Gasteiger partial charge on any atom is 0.170 e. The molecule has 3 heterocycles. The highest BCUT2D eigenvalue weighted by Gasteiger charge is 2.16. The molecule has 26 heavy (non-hydrogen) atoms. The Hall–Kier alpha value is -2.21. The lowest BCUT2D eigenvalue weighted by molar-refractivity contribution is 0.0992. The molecule has 5 nitrogen and oxygen atoms in total. The number of aromatic nitrogens is 3. The first kappa shape index (κ1) is 17.2. The van der Waals surface area contributed by atoms with Gasteiger partial charge in [0.25, 0.3) is 0 Å². The molecule has 0 atom stereocenters. The number of carbonyl (C=O) groups excluding carboxylic acids is 1. The van der Waals surface area contributed by atoms with Crippen molar-refractivity contribution in [2.75, 3.05) is 6.54 Å². The van der Waals surface area contributed by atoms with Crippen molar-refractivity contribution in [2.24, 2.45) is 0 Å². The average molecular weight is 387 g/mol. The van der Waals surface area contributed by atoms with Crippen molar-refractivity contribution in [2.45, 2.75) is 19.4 Å². The molecule has 7 heteroatoms. The van der Waals surface area contributed by atoms with Gasteiger partial charge in [0, 0.05) is 18.3 Å². The quantitative estimate of drug-likeness (QED) is 0.695. The molecule has 0 radical (unpaired) electrons. The molecule has 0 amide bonds. The summed E-state index contributed by atoms with van der Waals surface area (Å²) in [5.74, 6) is 0.577. The van der Waals surface area contributed by atoms with E-state index in [1.54, 1.807) is 22.9 Å². The molecule has 132 valence electrons. The first-order chi connectivity index (χ1) is 12.6. The minimum atomic E-state index is -0.119. The van der Waals surface area contributed by atoms with Crippen molar-refractivity contribution < 1.29 is 4.79 Å². The average Bonchev–Trinajstić information content (AvgIpc) is 3.08. The van der Waals surface area contributed by atoms with Crippen molar-refractivity contribution in [1.82, 2.24) is 20.1 Å². The summed E-state index contributed by atoms with van der Waals surface area (Å²) < 4.78 is 1.78. The van der Waals surface area contributed by atoms with Crippen LogP contribution in [0, 0.1) is 0 Å². The van der Waals surface area contributed by atoms with Gasteiger partial charge in [-0.15, -0.1) is 0 Å². The Morgan fingerprint density at radius 2 is 2.04 bits per heavy atom. The summed E-state index contributed by atoms with van der Waals surface area (Å²) in [4.78, 5) is 17.2. The number of nitrogens with zero attached hydrogens (tertiary/aromatic N) is 3. The zero-order chi connectivity index (χ0) is 18.1. The predicted molar refractivity (Wildman–Crippen MR) is 101 cm³/mol. The summed E-state index contributed by atoms with van der Waals surface area (Å²) in [5, 5.41) is 8.55. The fraction of sp³-hybridized carbons (Fsp3) is 0.211. The van der Waals surface area contributed by atoms with Crippen LogP contribution in [0.4, 0.5) is 0 Å². The van der Waals surface area contributed by atoms with Crippen LogP contribution in [-0.4, -0.2) is 27.1 Å². The zero-order valence-corrected chi connectivity index (χ0v) is 15.4. The lowest BCUT2D eigenvalue weighted by Gasteiger charge is -2.09. The highest BCUT2D eigenvalue weighted by atomic mass is 35.5. The van der Waals surface area contributed by atoms with Gasteiger partial charge in [0.15, 0.2) is 11.6 Å². The van der Waals surface area contributed by atoms with E-state index in [2.05, 4.69) is 15.4 Å². The van der Waals surface area contributed by atoms with Gasteiger partial charge in [-0.25, -0.2) is 9.67 Å². The van der Waals surface area contributed by atoms with E-state index in [4.69, 9.17) is 23.2 Å². The highest BCUT2D eigenvalue weighted by molar-refractivity contribution is 6.43. The van der Waals surface area contributed by atoms with E-state index in [9.17, 15) is 4.79 Å². The van der Waals surface area contributed by atoms with Gasteiger partial charge < -0.3 is 5.32 Å². The summed E-state index contributed by atoms with van der Waals surface area (Å²) in [5.41, 5.74) is 3.35. The van der Waals surface area contributed by atoms with Gasteiger partial charge >= 0.3 is 0 Å². The Labute approximate surface area is 161 Å². The molecule has 1 aliphatic heterocycles. The summed E-state index contributed by atoms with van der Waals surface area (Å²) >= 11 is 12.1. The normalized spacial score (nSPS) is 13.5. The fourth-order valence-corrected chi connectivity index (χ4v) is 3.43. The van der Waals surface area contributed by atoms with Crippen molar-refractivity contribution in [3.05, 3.63) is 75.2 Å². The third kappa shape index (κ3) is 3.38. The molecule has 2 aromatic heterocycles.